The molecule has 0 aliphatic heterocycles. The molecule has 0 unspecified atom stereocenters. The summed E-state index contributed by atoms with van der Waals surface area (Å²) >= 11 is 0. The van der Waals surface area contributed by atoms with Gasteiger partial charge in [-0.05, 0) is 91.7 Å². The zero-order chi connectivity index (χ0) is 35.1. The van der Waals surface area contributed by atoms with Gasteiger partial charge in [0, 0.05) is 17.1 Å². The van der Waals surface area contributed by atoms with E-state index in [2.05, 4.69) is 163 Å². The first-order valence-electron chi connectivity index (χ1n) is 17.8. The molecular formula is C49H31N3O. The molecule has 10 rings (SSSR count). The van der Waals surface area contributed by atoms with Gasteiger partial charge in [0.2, 0.25) is 5.89 Å². The lowest BCUT2D eigenvalue weighted by molar-refractivity contribution is 0.617. The molecule has 3 heterocycles. The van der Waals surface area contributed by atoms with Gasteiger partial charge < -0.3 is 4.42 Å². The highest BCUT2D eigenvalue weighted by Gasteiger charge is 2.15. The maximum Gasteiger partial charge on any atom is 0.246 e. The Labute approximate surface area is 306 Å². The smallest absolute Gasteiger partial charge is 0.246 e. The minimum Gasteiger partial charge on any atom is -0.435 e. The zero-order valence-electron chi connectivity index (χ0n) is 28.6. The van der Waals surface area contributed by atoms with Gasteiger partial charge in [0.1, 0.15) is 11.2 Å². The maximum atomic E-state index is 6.01. The summed E-state index contributed by atoms with van der Waals surface area (Å²) in [4.78, 5) is 14.2. The van der Waals surface area contributed by atoms with Gasteiger partial charge in [0.05, 0.1) is 11.2 Å². The van der Waals surface area contributed by atoms with E-state index in [4.69, 9.17) is 14.4 Å². The SMILES string of the molecule is c1ccc(-c2cc(-c3ccc(-c4c(-c5ccc(-c6ccc7oc(-c8ccccn8)nc7c6)cc5)ccc5ccccc45)cc3)nc3ccccc23)cc1. The Kier molecular flexibility index (Phi) is 7.43. The highest BCUT2D eigenvalue weighted by atomic mass is 16.3. The molecule has 0 amide bonds. The molecule has 7 aromatic carbocycles. The van der Waals surface area contributed by atoms with Crippen LogP contribution < -0.4 is 0 Å². The molecule has 0 atom stereocenters. The van der Waals surface area contributed by atoms with E-state index < -0.39 is 0 Å². The van der Waals surface area contributed by atoms with E-state index in [0.717, 1.165) is 61.2 Å². The first-order valence-corrected chi connectivity index (χ1v) is 17.8. The molecule has 0 fully saturated rings. The van der Waals surface area contributed by atoms with E-state index in [9.17, 15) is 0 Å². The van der Waals surface area contributed by atoms with E-state index in [0.29, 0.717) is 5.89 Å². The largest absolute Gasteiger partial charge is 0.435 e. The van der Waals surface area contributed by atoms with Crippen LogP contribution in [0.2, 0.25) is 0 Å². The Morgan fingerprint density at radius 1 is 0.377 bits per heavy atom. The predicted octanol–water partition coefficient (Wildman–Crippen LogP) is 12.9. The summed E-state index contributed by atoms with van der Waals surface area (Å²) in [6.07, 6.45) is 1.75. The Bertz CT molecular complexity index is 2910. The number of aromatic nitrogens is 3. The summed E-state index contributed by atoms with van der Waals surface area (Å²) in [5.41, 5.74) is 14.6. The molecular weight excluding hydrogens is 647 g/mol. The number of fused-ring (bicyclic) bond motifs is 3. The molecule has 0 radical (unpaired) electrons. The van der Waals surface area contributed by atoms with Crippen LogP contribution in [0.25, 0.3) is 100 Å². The highest BCUT2D eigenvalue weighted by Crippen LogP contribution is 2.40. The van der Waals surface area contributed by atoms with Gasteiger partial charge in [-0.15, -0.1) is 0 Å². The van der Waals surface area contributed by atoms with E-state index in [-0.39, 0.29) is 0 Å². The topological polar surface area (TPSA) is 51.8 Å². The fourth-order valence-corrected chi connectivity index (χ4v) is 7.36. The molecule has 3 aromatic heterocycles. The summed E-state index contributed by atoms with van der Waals surface area (Å²) in [5.74, 6) is 0.524. The number of nitrogens with zero attached hydrogens (tertiary/aromatic N) is 3. The molecule has 0 aliphatic carbocycles. The van der Waals surface area contributed by atoms with Crippen molar-refractivity contribution < 1.29 is 4.42 Å². The van der Waals surface area contributed by atoms with Crippen molar-refractivity contribution in [2.75, 3.05) is 0 Å². The van der Waals surface area contributed by atoms with Crippen LogP contribution in [-0.4, -0.2) is 15.0 Å². The standard InChI is InChI=1S/C49H31N3O/c1-2-10-33(11-3-1)42-31-45(51-43-15-7-6-14-41(42)43)36-21-23-37(24-22-36)48-39-13-5-4-12-34(39)25-27-40(48)35-19-17-32(18-20-35)38-26-28-47-46(30-38)52-49(53-47)44-16-8-9-29-50-44/h1-31H. The second-order valence-electron chi connectivity index (χ2n) is 13.2. The first kappa shape index (κ1) is 30.6. The number of rotatable bonds is 6. The molecule has 10 aromatic rings. The van der Waals surface area contributed by atoms with Crippen molar-refractivity contribution in [3.8, 4) is 67.3 Å². The number of pyridine rings is 2. The molecule has 248 valence electrons. The minimum atomic E-state index is 0.524. The quantitative estimate of drug-likeness (QED) is 0.176. The van der Waals surface area contributed by atoms with Gasteiger partial charge in [-0.3, -0.25) is 4.98 Å². The number of hydrogen-bond acceptors (Lipinski definition) is 4. The molecule has 53 heavy (non-hydrogen) atoms. The summed E-state index contributed by atoms with van der Waals surface area (Å²) in [6.45, 7) is 0. The van der Waals surface area contributed by atoms with Crippen molar-refractivity contribution in [1.29, 1.82) is 0 Å². The van der Waals surface area contributed by atoms with Crippen molar-refractivity contribution >= 4 is 32.8 Å². The molecule has 0 spiro atoms. The van der Waals surface area contributed by atoms with Gasteiger partial charge in [-0.2, -0.15) is 0 Å². The number of benzene rings is 7. The van der Waals surface area contributed by atoms with Crippen LogP contribution in [0.3, 0.4) is 0 Å². The third kappa shape index (κ3) is 5.63. The lowest BCUT2D eigenvalue weighted by Crippen LogP contribution is -1.91. The molecule has 0 saturated heterocycles. The predicted molar refractivity (Wildman–Crippen MR) is 217 cm³/mol. The van der Waals surface area contributed by atoms with Crippen LogP contribution in [0.5, 0.6) is 0 Å². The third-order valence-corrected chi connectivity index (χ3v) is 10.0. The average Bonchev–Trinajstić information content (AvgIpc) is 3.68. The summed E-state index contributed by atoms with van der Waals surface area (Å²) in [7, 11) is 0. The third-order valence-electron chi connectivity index (χ3n) is 10.0. The maximum absolute atomic E-state index is 6.01. The summed E-state index contributed by atoms with van der Waals surface area (Å²) in [5, 5.41) is 3.58. The van der Waals surface area contributed by atoms with Crippen LogP contribution >= 0.6 is 0 Å². The number of para-hydroxylation sites is 1. The zero-order valence-corrected chi connectivity index (χ0v) is 28.6. The van der Waals surface area contributed by atoms with E-state index in [1.165, 1.54) is 33.0 Å². The summed E-state index contributed by atoms with van der Waals surface area (Å²) < 4.78 is 6.01. The molecule has 0 N–H and O–H groups in total. The lowest BCUT2D eigenvalue weighted by atomic mass is 9.88. The monoisotopic (exact) mass is 677 g/mol. The van der Waals surface area contributed by atoms with Crippen molar-refractivity contribution in [2.45, 2.75) is 0 Å². The average molecular weight is 678 g/mol. The second-order valence-corrected chi connectivity index (χ2v) is 13.2. The lowest BCUT2D eigenvalue weighted by Gasteiger charge is -2.16. The second kappa shape index (κ2) is 12.9. The fraction of sp³-hybridized carbons (Fsp3) is 0. The van der Waals surface area contributed by atoms with Crippen molar-refractivity contribution in [1.82, 2.24) is 15.0 Å². The highest BCUT2D eigenvalue weighted by molar-refractivity contribution is 6.04. The molecule has 0 bridgehead atoms. The van der Waals surface area contributed by atoms with E-state index in [1.54, 1.807) is 6.20 Å². The summed E-state index contributed by atoms with van der Waals surface area (Å²) in [6, 6.07) is 63.8. The Morgan fingerprint density at radius 2 is 1.06 bits per heavy atom. The van der Waals surface area contributed by atoms with Crippen LogP contribution in [0, 0.1) is 0 Å². The van der Waals surface area contributed by atoms with Crippen molar-refractivity contribution in [3.05, 3.63) is 188 Å². The van der Waals surface area contributed by atoms with E-state index in [1.807, 2.05) is 24.3 Å². The van der Waals surface area contributed by atoms with Gasteiger partial charge in [-0.25, -0.2) is 9.97 Å². The Morgan fingerprint density at radius 3 is 1.89 bits per heavy atom. The van der Waals surface area contributed by atoms with Gasteiger partial charge in [-0.1, -0.05) is 146 Å². The Hall–Kier alpha value is -7.17. The molecule has 0 aliphatic rings. The van der Waals surface area contributed by atoms with Gasteiger partial charge >= 0.3 is 0 Å². The first-order chi connectivity index (χ1) is 26.2. The number of oxazole rings is 1. The molecule has 4 nitrogen and oxygen atoms in total. The molecule has 4 heteroatoms. The van der Waals surface area contributed by atoms with Gasteiger partial charge in [0.15, 0.2) is 5.58 Å². The Balaban J connectivity index is 1.02. The van der Waals surface area contributed by atoms with Gasteiger partial charge in [0.25, 0.3) is 0 Å². The van der Waals surface area contributed by atoms with Crippen molar-refractivity contribution in [2.24, 2.45) is 0 Å². The minimum absolute atomic E-state index is 0.524. The van der Waals surface area contributed by atoms with Crippen LogP contribution in [0.15, 0.2) is 193 Å². The fourth-order valence-electron chi connectivity index (χ4n) is 7.36. The van der Waals surface area contributed by atoms with Crippen LogP contribution in [0.4, 0.5) is 0 Å². The van der Waals surface area contributed by atoms with Crippen LogP contribution in [-0.2, 0) is 0 Å². The number of hydrogen-bond donors (Lipinski definition) is 0. The van der Waals surface area contributed by atoms with E-state index >= 15 is 0 Å². The van der Waals surface area contributed by atoms with Crippen molar-refractivity contribution in [3.63, 3.8) is 0 Å². The molecule has 0 saturated carbocycles. The normalized spacial score (nSPS) is 11.4. The van der Waals surface area contributed by atoms with Crippen LogP contribution in [0.1, 0.15) is 0 Å².